The number of aliphatic hydroxyl groups excluding tert-OH is 1. The van der Waals surface area contributed by atoms with Gasteiger partial charge in [0.05, 0.1) is 23.6 Å². The van der Waals surface area contributed by atoms with Gasteiger partial charge in [-0.2, -0.15) is 0 Å². The maximum atomic E-state index is 13.6. The molecule has 2 aromatic carbocycles. The first-order chi connectivity index (χ1) is 15.3. The van der Waals surface area contributed by atoms with Crippen LogP contribution in [0, 0.1) is 18.8 Å². The lowest BCUT2D eigenvalue weighted by Crippen LogP contribution is -2.55. The van der Waals surface area contributed by atoms with Crippen LogP contribution in [0.4, 0.5) is 5.69 Å². The molecule has 3 N–H and O–H groups in total. The average Bonchev–Trinajstić information content (AvgIpc) is 3.36. The van der Waals surface area contributed by atoms with Crippen molar-refractivity contribution < 1.29 is 19.5 Å². The monoisotopic (exact) mass is 453 g/mol. The van der Waals surface area contributed by atoms with E-state index < -0.39 is 35.4 Å². The van der Waals surface area contributed by atoms with Crippen molar-refractivity contribution in [3.8, 4) is 0 Å². The lowest BCUT2D eigenvalue weighted by molar-refractivity contribution is -0.143. The number of hydrogen-bond donors (Lipinski definition) is 3. The van der Waals surface area contributed by atoms with E-state index in [1.165, 1.54) is 4.90 Å². The SMILES string of the molecule is Cc1c(Cl)ccc2c1NC(=O)[C@]21N[C@H]([C@@H](C)O)[C@H]2C(=O)N(CCc3ccccc3)C(=O)[C@H]21. The van der Waals surface area contributed by atoms with Crippen LogP contribution in [0.15, 0.2) is 42.5 Å². The summed E-state index contributed by atoms with van der Waals surface area (Å²) in [5, 5.41) is 17.0. The van der Waals surface area contributed by atoms with Crippen molar-refractivity contribution in [1.82, 2.24) is 10.2 Å². The fourth-order valence-electron chi connectivity index (χ4n) is 5.50. The number of aliphatic hydroxyl groups is 1. The number of carbonyl (C=O) groups excluding carboxylic acids is 3. The Morgan fingerprint density at radius 3 is 2.53 bits per heavy atom. The molecule has 3 aliphatic rings. The summed E-state index contributed by atoms with van der Waals surface area (Å²) < 4.78 is 0. The first kappa shape index (κ1) is 21.1. The second-order valence-electron chi connectivity index (χ2n) is 8.83. The molecule has 0 bridgehead atoms. The number of carbonyl (C=O) groups is 3. The molecule has 0 unspecified atom stereocenters. The van der Waals surface area contributed by atoms with E-state index >= 15 is 0 Å². The standard InChI is InChI=1S/C24H24ClN3O4/c1-12-16(25)9-8-15-19(12)26-23(32)24(15)18-17(20(27-24)13(2)29)21(30)28(22(18)31)11-10-14-6-4-3-5-7-14/h3-9,13,17-18,20,27,29H,10-11H2,1-2H3,(H,26,32)/t13-,17+,18+,20-,24+/m1/s1. The number of hydrogen-bond acceptors (Lipinski definition) is 5. The molecule has 2 saturated heterocycles. The summed E-state index contributed by atoms with van der Waals surface area (Å²) in [6.45, 7) is 3.59. The van der Waals surface area contributed by atoms with Gasteiger partial charge in [-0.15, -0.1) is 0 Å². The first-order valence-corrected chi connectivity index (χ1v) is 11.1. The number of amides is 3. The highest BCUT2D eigenvalue weighted by molar-refractivity contribution is 6.32. The Labute approximate surface area is 190 Å². The fraction of sp³-hybridized carbons (Fsp3) is 0.375. The van der Waals surface area contributed by atoms with Gasteiger partial charge in [-0.3, -0.25) is 24.6 Å². The predicted octanol–water partition coefficient (Wildman–Crippen LogP) is 1.99. The summed E-state index contributed by atoms with van der Waals surface area (Å²) in [7, 11) is 0. The normalized spacial score (nSPS) is 29.4. The van der Waals surface area contributed by atoms with Crippen LogP contribution in [-0.2, 0) is 26.3 Å². The minimum absolute atomic E-state index is 0.228. The van der Waals surface area contributed by atoms with Crippen molar-refractivity contribution >= 4 is 35.0 Å². The number of benzene rings is 2. The van der Waals surface area contributed by atoms with Crippen LogP contribution < -0.4 is 10.6 Å². The highest BCUT2D eigenvalue weighted by atomic mass is 35.5. The summed E-state index contributed by atoms with van der Waals surface area (Å²) in [4.78, 5) is 41.7. The van der Waals surface area contributed by atoms with Gasteiger partial charge in [-0.25, -0.2) is 0 Å². The Kier molecular flexibility index (Phi) is 4.89. The van der Waals surface area contributed by atoms with E-state index in [9.17, 15) is 19.5 Å². The fourth-order valence-corrected chi connectivity index (χ4v) is 5.66. The molecule has 5 rings (SSSR count). The molecule has 3 heterocycles. The number of nitrogens with zero attached hydrogens (tertiary/aromatic N) is 1. The van der Waals surface area contributed by atoms with Crippen LogP contribution in [0.2, 0.25) is 5.02 Å². The van der Waals surface area contributed by atoms with Crippen molar-refractivity contribution in [3.05, 3.63) is 64.2 Å². The van der Waals surface area contributed by atoms with Gasteiger partial charge in [0.15, 0.2) is 0 Å². The van der Waals surface area contributed by atoms with Crippen molar-refractivity contribution in [2.45, 2.75) is 38.0 Å². The van der Waals surface area contributed by atoms with Gasteiger partial charge in [0.25, 0.3) is 0 Å². The lowest BCUT2D eigenvalue weighted by Gasteiger charge is -2.30. The number of fused-ring (bicyclic) bond motifs is 4. The molecule has 7 nitrogen and oxygen atoms in total. The summed E-state index contributed by atoms with van der Waals surface area (Å²) in [5.41, 5.74) is 1.44. The molecule has 32 heavy (non-hydrogen) atoms. The molecule has 3 aliphatic heterocycles. The Morgan fingerprint density at radius 1 is 1.12 bits per heavy atom. The van der Waals surface area contributed by atoms with Crippen molar-refractivity contribution in [2.24, 2.45) is 11.8 Å². The molecule has 3 amide bonds. The Morgan fingerprint density at radius 2 is 1.84 bits per heavy atom. The number of rotatable bonds is 4. The van der Waals surface area contributed by atoms with Crippen LogP contribution in [0.5, 0.6) is 0 Å². The zero-order chi connectivity index (χ0) is 22.8. The number of nitrogens with one attached hydrogen (secondary N) is 2. The van der Waals surface area contributed by atoms with E-state index in [4.69, 9.17) is 11.6 Å². The second kappa shape index (κ2) is 7.40. The van der Waals surface area contributed by atoms with Crippen molar-refractivity contribution in [1.29, 1.82) is 0 Å². The quantitative estimate of drug-likeness (QED) is 0.615. The minimum Gasteiger partial charge on any atom is -0.392 e. The molecule has 0 saturated carbocycles. The highest BCUT2D eigenvalue weighted by Crippen LogP contribution is 2.54. The van der Waals surface area contributed by atoms with Crippen LogP contribution in [0.1, 0.15) is 23.6 Å². The van der Waals surface area contributed by atoms with Gasteiger partial charge in [0.1, 0.15) is 5.54 Å². The number of likely N-dealkylation sites (tertiary alicyclic amines) is 1. The third-order valence-electron chi connectivity index (χ3n) is 7.10. The van der Waals surface area contributed by atoms with Crippen molar-refractivity contribution in [2.75, 3.05) is 11.9 Å². The Balaban J connectivity index is 1.57. The van der Waals surface area contributed by atoms with E-state index in [0.29, 0.717) is 28.3 Å². The molecule has 0 aromatic heterocycles. The molecular weight excluding hydrogens is 430 g/mol. The van der Waals surface area contributed by atoms with Gasteiger partial charge in [-0.05, 0) is 37.5 Å². The second-order valence-corrected chi connectivity index (χ2v) is 9.24. The molecule has 0 radical (unpaired) electrons. The molecular formula is C24H24ClN3O4. The molecule has 5 atom stereocenters. The zero-order valence-corrected chi connectivity index (χ0v) is 18.5. The Bertz CT molecular complexity index is 1140. The molecule has 2 aromatic rings. The summed E-state index contributed by atoms with van der Waals surface area (Å²) in [5.74, 6) is -2.90. The van der Waals surface area contributed by atoms with Crippen LogP contribution in [-0.4, -0.2) is 46.4 Å². The number of imide groups is 1. The van der Waals surface area contributed by atoms with Crippen LogP contribution in [0.25, 0.3) is 0 Å². The van der Waals surface area contributed by atoms with Crippen LogP contribution >= 0.6 is 11.6 Å². The van der Waals surface area contributed by atoms with Gasteiger partial charge >= 0.3 is 0 Å². The summed E-state index contributed by atoms with van der Waals surface area (Å²) >= 11 is 6.26. The molecule has 166 valence electrons. The largest absolute Gasteiger partial charge is 0.392 e. The third-order valence-corrected chi connectivity index (χ3v) is 7.51. The Hall–Kier alpha value is -2.74. The average molecular weight is 454 g/mol. The molecule has 0 aliphatic carbocycles. The lowest BCUT2D eigenvalue weighted by atomic mass is 9.76. The van der Waals surface area contributed by atoms with Gasteiger partial charge in [-0.1, -0.05) is 48.0 Å². The highest BCUT2D eigenvalue weighted by Gasteiger charge is 2.71. The zero-order valence-electron chi connectivity index (χ0n) is 17.8. The number of anilines is 1. The summed E-state index contributed by atoms with van der Waals surface area (Å²) in [6, 6.07) is 12.3. The van der Waals surface area contributed by atoms with Gasteiger partial charge in [0, 0.05) is 23.2 Å². The minimum atomic E-state index is -1.43. The van der Waals surface area contributed by atoms with Gasteiger partial charge < -0.3 is 10.4 Å². The van der Waals surface area contributed by atoms with E-state index in [1.54, 1.807) is 26.0 Å². The first-order valence-electron chi connectivity index (χ1n) is 10.7. The van der Waals surface area contributed by atoms with Gasteiger partial charge in [0.2, 0.25) is 17.7 Å². The predicted molar refractivity (Wildman–Crippen MR) is 119 cm³/mol. The van der Waals surface area contributed by atoms with Crippen LogP contribution in [0.3, 0.4) is 0 Å². The number of halogens is 1. The third kappa shape index (κ3) is 2.78. The van der Waals surface area contributed by atoms with E-state index in [2.05, 4.69) is 10.6 Å². The smallest absolute Gasteiger partial charge is 0.250 e. The maximum Gasteiger partial charge on any atom is 0.250 e. The molecule has 1 spiro atoms. The van der Waals surface area contributed by atoms with Crippen molar-refractivity contribution in [3.63, 3.8) is 0 Å². The van der Waals surface area contributed by atoms with E-state index in [0.717, 1.165) is 5.56 Å². The maximum absolute atomic E-state index is 13.6. The topological polar surface area (TPSA) is 98.7 Å². The van der Waals surface area contributed by atoms with E-state index in [1.807, 2.05) is 30.3 Å². The molecule has 2 fully saturated rings. The molecule has 8 heteroatoms. The summed E-state index contributed by atoms with van der Waals surface area (Å²) in [6.07, 6.45) is -0.410. The van der Waals surface area contributed by atoms with E-state index in [-0.39, 0.29) is 18.4 Å².